The van der Waals surface area contributed by atoms with Crippen LogP contribution in [0.15, 0.2) is 163 Å². The van der Waals surface area contributed by atoms with Crippen LogP contribution in [0.5, 0.6) is 0 Å². The molecule has 0 spiro atoms. The maximum Gasteiger partial charge on any atom is 0.228 e. The molecule has 11 rings (SSSR count). The highest BCUT2D eigenvalue weighted by Crippen LogP contribution is 2.44. The van der Waals surface area contributed by atoms with Crippen molar-refractivity contribution < 1.29 is 17.7 Å². The number of oxazole rings is 1. The smallest absolute Gasteiger partial charge is 0.228 e. The first-order valence-corrected chi connectivity index (χ1v) is 16.2. The molecule has 0 fully saturated rings. The molecule has 0 saturated heterocycles. The molecule has 6 nitrogen and oxygen atoms in total. The standard InChI is InChI=1S/C43H24N2O4/c1-4-12-35-28(8-1)30-19-16-27(24-41(30)48-35)45(25-17-20-37-32(22-25)29-9-2-5-13-36(29)46-37)26-18-21-38-33(23-26)42-31(10-7-15-40(42)47-38)43-44-34-11-3-6-14-39(34)49-43/h1-24H. The molecule has 0 aliphatic heterocycles. The minimum absolute atomic E-state index is 0.560. The van der Waals surface area contributed by atoms with E-state index in [1.807, 2.05) is 84.9 Å². The van der Waals surface area contributed by atoms with Crippen LogP contribution < -0.4 is 4.90 Å². The summed E-state index contributed by atoms with van der Waals surface area (Å²) >= 11 is 0. The van der Waals surface area contributed by atoms with Crippen molar-refractivity contribution in [1.29, 1.82) is 0 Å². The van der Waals surface area contributed by atoms with Crippen molar-refractivity contribution in [3.05, 3.63) is 146 Å². The van der Waals surface area contributed by atoms with E-state index in [1.54, 1.807) is 0 Å². The van der Waals surface area contributed by atoms with Gasteiger partial charge in [-0.1, -0.05) is 54.6 Å². The average molecular weight is 633 g/mol. The van der Waals surface area contributed by atoms with Crippen molar-refractivity contribution in [2.45, 2.75) is 0 Å². The Balaban J connectivity index is 1.16. The van der Waals surface area contributed by atoms with Gasteiger partial charge in [0.05, 0.1) is 0 Å². The second kappa shape index (κ2) is 9.86. The second-order valence-electron chi connectivity index (χ2n) is 12.3. The molecule has 0 unspecified atom stereocenters. The zero-order valence-electron chi connectivity index (χ0n) is 25.9. The molecule has 6 heteroatoms. The van der Waals surface area contributed by atoms with Crippen LogP contribution in [-0.4, -0.2) is 4.98 Å². The molecule has 0 aliphatic carbocycles. The predicted octanol–water partition coefficient (Wildman–Crippen LogP) is 12.7. The number of para-hydroxylation sites is 4. The highest BCUT2D eigenvalue weighted by molar-refractivity contribution is 6.13. The third kappa shape index (κ3) is 3.92. The highest BCUT2D eigenvalue weighted by atomic mass is 16.4. The van der Waals surface area contributed by atoms with Crippen molar-refractivity contribution in [3.63, 3.8) is 0 Å². The lowest BCUT2D eigenvalue weighted by atomic mass is 10.0. The highest BCUT2D eigenvalue weighted by Gasteiger charge is 2.21. The molecule has 0 radical (unpaired) electrons. The number of nitrogens with zero attached hydrogens (tertiary/aromatic N) is 2. The van der Waals surface area contributed by atoms with Gasteiger partial charge >= 0.3 is 0 Å². The molecule has 0 atom stereocenters. The summed E-state index contributed by atoms with van der Waals surface area (Å²) in [5.74, 6) is 0.560. The van der Waals surface area contributed by atoms with E-state index in [-0.39, 0.29) is 0 Å². The summed E-state index contributed by atoms with van der Waals surface area (Å²) in [6.45, 7) is 0. The molecule has 0 N–H and O–H groups in total. The lowest BCUT2D eigenvalue weighted by Crippen LogP contribution is -2.09. The molecule has 49 heavy (non-hydrogen) atoms. The number of aromatic nitrogens is 1. The van der Waals surface area contributed by atoms with E-state index < -0.39 is 0 Å². The number of furan rings is 3. The van der Waals surface area contributed by atoms with Crippen LogP contribution in [0.4, 0.5) is 17.1 Å². The quantitative estimate of drug-likeness (QED) is 0.192. The van der Waals surface area contributed by atoms with Crippen molar-refractivity contribution in [3.8, 4) is 11.5 Å². The third-order valence-electron chi connectivity index (χ3n) is 9.50. The van der Waals surface area contributed by atoms with Gasteiger partial charge in [-0.3, -0.25) is 0 Å². The zero-order chi connectivity index (χ0) is 32.1. The molecule has 0 saturated carbocycles. The van der Waals surface area contributed by atoms with Crippen LogP contribution in [0.25, 0.3) is 88.4 Å². The van der Waals surface area contributed by atoms with Gasteiger partial charge in [-0.15, -0.1) is 0 Å². The van der Waals surface area contributed by atoms with Gasteiger partial charge in [0.1, 0.15) is 39.0 Å². The minimum atomic E-state index is 0.560. The maximum absolute atomic E-state index is 6.41. The van der Waals surface area contributed by atoms with Gasteiger partial charge in [-0.05, 0) is 84.9 Å². The first-order chi connectivity index (χ1) is 24.2. The van der Waals surface area contributed by atoms with E-state index in [1.165, 1.54) is 0 Å². The summed E-state index contributed by atoms with van der Waals surface area (Å²) in [5.41, 5.74) is 10.3. The van der Waals surface area contributed by atoms with Crippen molar-refractivity contribution >= 4 is 94.0 Å². The van der Waals surface area contributed by atoms with E-state index in [2.05, 4.69) is 65.6 Å². The van der Waals surface area contributed by atoms with E-state index in [4.69, 9.17) is 22.7 Å². The van der Waals surface area contributed by atoms with E-state index in [0.29, 0.717) is 5.89 Å². The fourth-order valence-electron chi connectivity index (χ4n) is 7.27. The molecule has 11 aromatic rings. The molecule has 0 aliphatic rings. The third-order valence-corrected chi connectivity index (χ3v) is 9.50. The van der Waals surface area contributed by atoms with Gasteiger partial charge in [-0.25, -0.2) is 4.98 Å². The minimum Gasteiger partial charge on any atom is -0.456 e. The first kappa shape index (κ1) is 26.3. The van der Waals surface area contributed by atoms with Crippen molar-refractivity contribution in [2.24, 2.45) is 0 Å². The number of benzene rings is 7. The fraction of sp³-hybridized carbons (Fsp3) is 0. The van der Waals surface area contributed by atoms with Gasteiger partial charge < -0.3 is 22.6 Å². The van der Waals surface area contributed by atoms with Gasteiger partial charge in [0, 0.05) is 61.0 Å². The Kier molecular flexibility index (Phi) is 5.29. The van der Waals surface area contributed by atoms with E-state index in [0.717, 1.165) is 99.5 Å². The summed E-state index contributed by atoms with van der Waals surface area (Å²) in [4.78, 5) is 7.09. The molecule has 0 bridgehead atoms. The number of fused-ring (bicyclic) bond motifs is 10. The van der Waals surface area contributed by atoms with Crippen molar-refractivity contribution in [2.75, 3.05) is 4.90 Å². The average Bonchev–Trinajstić information content (AvgIpc) is 3.92. The predicted molar refractivity (Wildman–Crippen MR) is 196 cm³/mol. The number of hydrogen-bond acceptors (Lipinski definition) is 6. The van der Waals surface area contributed by atoms with Crippen LogP contribution in [0.3, 0.4) is 0 Å². The normalized spacial score (nSPS) is 12.1. The summed E-state index contributed by atoms with van der Waals surface area (Å²) < 4.78 is 25.2. The van der Waals surface area contributed by atoms with Gasteiger partial charge in [0.15, 0.2) is 5.58 Å². The number of rotatable bonds is 4. The van der Waals surface area contributed by atoms with Crippen LogP contribution in [-0.2, 0) is 0 Å². The Morgan fingerprint density at radius 1 is 0.367 bits per heavy atom. The maximum atomic E-state index is 6.41. The van der Waals surface area contributed by atoms with Crippen LogP contribution in [0.2, 0.25) is 0 Å². The Labute approximate surface area is 278 Å². The first-order valence-electron chi connectivity index (χ1n) is 16.2. The number of anilines is 3. The fourth-order valence-corrected chi connectivity index (χ4v) is 7.27. The zero-order valence-corrected chi connectivity index (χ0v) is 25.9. The van der Waals surface area contributed by atoms with Crippen molar-refractivity contribution in [1.82, 2.24) is 4.98 Å². The van der Waals surface area contributed by atoms with Crippen LogP contribution in [0, 0.1) is 0 Å². The Hall–Kier alpha value is -6.79. The Bertz CT molecular complexity index is 3050. The molecule has 4 heterocycles. The lowest BCUT2D eigenvalue weighted by Gasteiger charge is -2.25. The topological polar surface area (TPSA) is 68.7 Å². The monoisotopic (exact) mass is 632 g/mol. The summed E-state index contributed by atoms with van der Waals surface area (Å²) in [6, 6.07) is 49.3. The SMILES string of the molecule is c1ccc2oc(-c3cccc4oc5ccc(N(c6ccc7c(c6)oc6ccccc67)c6ccc7oc8ccccc8c7c6)cc5c34)nc2c1. The molecule has 4 aromatic heterocycles. The molecule has 230 valence electrons. The van der Waals surface area contributed by atoms with E-state index >= 15 is 0 Å². The Morgan fingerprint density at radius 2 is 0.918 bits per heavy atom. The largest absolute Gasteiger partial charge is 0.456 e. The van der Waals surface area contributed by atoms with Gasteiger partial charge in [0.25, 0.3) is 0 Å². The lowest BCUT2D eigenvalue weighted by molar-refractivity contribution is 0.620. The Morgan fingerprint density at radius 3 is 1.71 bits per heavy atom. The van der Waals surface area contributed by atoms with Gasteiger partial charge in [-0.2, -0.15) is 0 Å². The van der Waals surface area contributed by atoms with Crippen LogP contribution in [0.1, 0.15) is 0 Å². The summed E-state index contributed by atoms with van der Waals surface area (Å²) in [5, 5.41) is 6.22. The van der Waals surface area contributed by atoms with Gasteiger partial charge in [0.2, 0.25) is 5.89 Å². The molecule has 7 aromatic carbocycles. The summed E-state index contributed by atoms with van der Waals surface area (Å²) in [6.07, 6.45) is 0. The second-order valence-corrected chi connectivity index (χ2v) is 12.3. The molecular weight excluding hydrogens is 608 g/mol. The van der Waals surface area contributed by atoms with E-state index in [9.17, 15) is 0 Å². The summed E-state index contributed by atoms with van der Waals surface area (Å²) in [7, 11) is 0. The molecular formula is C43H24N2O4. The molecule has 0 amide bonds. The van der Waals surface area contributed by atoms with Crippen LogP contribution >= 0.6 is 0 Å². The number of hydrogen-bond donors (Lipinski definition) is 0.